The number of aliphatic imine (C=N–C) groups is 1. The summed E-state index contributed by atoms with van der Waals surface area (Å²) in [5.74, 6) is -0.211. The number of carbonyl (C=O) groups excluding carboxylic acids is 1. The SMILES string of the molecule is COc1ccc(N=C(N)NC(=O)c2ccccc2[N+](=O)[O-])cc1. The second-order valence-electron chi connectivity index (χ2n) is 4.42. The second-order valence-corrected chi connectivity index (χ2v) is 4.42. The summed E-state index contributed by atoms with van der Waals surface area (Å²) in [6.45, 7) is 0. The molecule has 2 aromatic carbocycles. The molecule has 0 spiro atoms. The summed E-state index contributed by atoms with van der Waals surface area (Å²) in [4.78, 5) is 26.4. The number of hydrogen-bond donors (Lipinski definition) is 2. The van der Waals surface area contributed by atoms with Crippen LogP contribution < -0.4 is 15.8 Å². The summed E-state index contributed by atoms with van der Waals surface area (Å²) in [6.07, 6.45) is 0. The molecule has 2 aromatic rings. The van der Waals surface area contributed by atoms with E-state index in [1.54, 1.807) is 31.4 Å². The predicted octanol–water partition coefficient (Wildman–Crippen LogP) is 1.98. The molecule has 1 amide bonds. The van der Waals surface area contributed by atoms with Gasteiger partial charge in [0.25, 0.3) is 11.6 Å². The first-order chi connectivity index (χ1) is 11.0. The van der Waals surface area contributed by atoms with Crippen LogP contribution >= 0.6 is 0 Å². The van der Waals surface area contributed by atoms with E-state index < -0.39 is 10.8 Å². The summed E-state index contributed by atoms with van der Waals surface area (Å²) >= 11 is 0. The largest absolute Gasteiger partial charge is 0.497 e. The summed E-state index contributed by atoms with van der Waals surface area (Å²) in [5, 5.41) is 13.2. The molecule has 0 saturated heterocycles. The summed E-state index contributed by atoms with van der Waals surface area (Å²) in [5.41, 5.74) is 5.77. The molecule has 0 saturated carbocycles. The van der Waals surface area contributed by atoms with Gasteiger partial charge in [0.1, 0.15) is 11.3 Å². The number of hydrogen-bond acceptors (Lipinski definition) is 5. The Morgan fingerprint density at radius 2 is 1.87 bits per heavy atom. The van der Waals surface area contributed by atoms with Crippen LogP contribution in [0.25, 0.3) is 0 Å². The number of amides is 1. The highest BCUT2D eigenvalue weighted by Crippen LogP contribution is 2.18. The number of nitrogens with two attached hydrogens (primary N) is 1. The van der Waals surface area contributed by atoms with Crippen molar-refractivity contribution in [2.45, 2.75) is 0 Å². The zero-order valence-corrected chi connectivity index (χ0v) is 12.2. The van der Waals surface area contributed by atoms with Gasteiger partial charge >= 0.3 is 0 Å². The predicted molar refractivity (Wildman–Crippen MR) is 84.8 cm³/mol. The molecule has 0 fully saturated rings. The Labute approximate surface area is 131 Å². The van der Waals surface area contributed by atoms with Crippen LogP contribution in [0.3, 0.4) is 0 Å². The molecule has 0 aromatic heterocycles. The van der Waals surface area contributed by atoms with Crippen molar-refractivity contribution in [3.8, 4) is 5.75 Å². The minimum absolute atomic E-state index is 0.0922. The Morgan fingerprint density at radius 1 is 1.22 bits per heavy atom. The molecule has 0 heterocycles. The minimum Gasteiger partial charge on any atom is -0.497 e. The van der Waals surface area contributed by atoms with E-state index in [1.807, 2.05) is 0 Å². The topological polar surface area (TPSA) is 120 Å². The third kappa shape index (κ3) is 4.03. The Morgan fingerprint density at radius 3 is 2.48 bits per heavy atom. The van der Waals surface area contributed by atoms with E-state index in [0.717, 1.165) is 0 Å². The maximum Gasteiger partial charge on any atom is 0.282 e. The summed E-state index contributed by atoms with van der Waals surface area (Å²) < 4.78 is 5.02. The van der Waals surface area contributed by atoms with Gasteiger partial charge in [0, 0.05) is 6.07 Å². The molecule has 0 radical (unpaired) electrons. The van der Waals surface area contributed by atoms with Crippen LogP contribution in [0.2, 0.25) is 0 Å². The highest BCUT2D eigenvalue weighted by atomic mass is 16.6. The highest BCUT2D eigenvalue weighted by molar-refractivity contribution is 6.07. The Bertz CT molecular complexity index is 756. The monoisotopic (exact) mass is 314 g/mol. The highest BCUT2D eigenvalue weighted by Gasteiger charge is 2.19. The molecule has 118 valence electrons. The van der Waals surface area contributed by atoms with E-state index in [1.165, 1.54) is 24.3 Å². The van der Waals surface area contributed by atoms with Gasteiger partial charge in [-0.15, -0.1) is 0 Å². The Kier molecular flexibility index (Phi) is 4.88. The molecule has 0 bridgehead atoms. The lowest BCUT2D eigenvalue weighted by molar-refractivity contribution is -0.385. The fraction of sp³-hybridized carbons (Fsp3) is 0.0667. The van der Waals surface area contributed by atoms with Crippen molar-refractivity contribution in [3.63, 3.8) is 0 Å². The maximum atomic E-state index is 12.1. The number of ether oxygens (including phenoxy) is 1. The van der Waals surface area contributed by atoms with E-state index in [2.05, 4.69) is 10.3 Å². The van der Waals surface area contributed by atoms with Crippen molar-refractivity contribution in [1.82, 2.24) is 5.32 Å². The zero-order chi connectivity index (χ0) is 16.8. The average Bonchev–Trinajstić information content (AvgIpc) is 2.55. The lowest BCUT2D eigenvalue weighted by Gasteiger charge is -2.05. The van der Waals surface area contributed by atoms with Crippen LogP contribution in [-0.4, -0.2) is 23.9 Å². The van der Waals surface area contributed by atoms with Gasteiger partial charge in [-0.05, 0) is 30.3 Å². The standard InChI is InChI=1S/C15H14N4O4/c1-23-11-8-6-10(7-9-11)17-15(16)18-14(20)12-4-2-3-5-13(12)19(21)22/h2-9H,1H3,(H3,16,17,18,20). The first-order valence-electron chi connectivity index (χ1n) is 6.54. The number of para-hydroxylation sites is 1. The van der Waals surface area contributed by atoms with Crippen LogP contribution in [-0.2, 0) is 0 Å². The number of carbonyl (C=O) groups is 1. The van der Waals surface area contributed by atoms with Crippen molar-refractivity contribution >= 4 is 23.2 Å². The number of guanidine groups is 1. The van der Waals surface area contributed by atoms with Crippen molar-refractivity contribution in [2.24, 2.45) is 10.7 Å². The normalized spacial score (nSPS) is 10.9. The first kappa shape index (κ1) is 16.0. The van der Waals surface area contributed by atoms with Crippen LogP contribution in [0.1, 0.15) is 10.4 Å². The number of nitro groups is 1. The molecular weight excluding hydrogens is 300 g/mol. The molecule has 0 unspecified atom stereocenters. The molecule has 3 N–H and O–H groups in total. The molecule has 23 heavy (non-hydrogen) atoms. The number of methoxy groups -OCH3 is 1. The van der Waals surface area contributed by atoms with Gasteiger partial charge in [-0.25, -0.2) is 4.99 Å². The van der Waals surface area contributed by atoms with E-state index in [4.69, 9.17) is 10.5 Å². The van der Waals surface area contributed by atoms with Crippen LogP contribution in [0, 0.1) is 10.1 Å². The van der Waals surface area contributed by atoms with Crippen LogP contribution in [0.5, 0.6) is 5.75 Å². The smallest absolute Gasteiger partial charge is 0.282 e. The summed E-state index contributed by atoms with van der Waals surface area (Å²) in [6, 6.07) is 12.3. The van der Waals surface area contributed by atoms with E-state index in [-0.39, 0.29) is 17.2 Å². The van der Waals surface area contributed by atoms with Gasteiger partial charge in [0.2, 0.25) is 5.96 Å². The van der Waals surface area contributed by atoms with Crippen LogP contribution in [0.4, 0.5) is 11.4 Å². The van der Waals surface area contributed by atoms with Gasteiger partial charge in [0.05, 0.1) is 17.7 Å². The van der Waals surface area contributed by atoms with Crippen molar-refractivity contribution < 1.29 is 14.5 Å². The lowest BCUT2D eigenvalue weighted by atomic mass is 10.1. The molecular formula is C15H14N4O4. The average molecular weight is 314 g/mol. The van der Waals surface area contributed by atoms with Crippen LogP contribution in [0.15, 0.2) is 53.5 Å². The number of benzene rings is 2. The van der Waals surface area contributed by atoms with E-state index in [0.29, 0.717) is 11.4 Å². The van der Waals surface area contributed by atoms with Gasteiger partial charge in [-0.1, -0.05) is 12.1 Å². The minimum atomic E-state index is -0.702. The molecule has 2 rings (SSSR count). The molecule has 8 heteroatoms. The number of nitrogens with one attached hydrogen (secondary N) is 1. The second kappa shape index (κ2) is 7.03. The Hall–Kier alpha value is -3.42. The number of nitro benzene ring substituents is 1. The quantitative estimate of drug-likeness (QED) is 0.387. The van der Waals surface area contributed by atoms with E-state index in [9.17, 15) is 14.9 Å². The van der Waals surface area contributed by atoms with Gasteiger partial charge in [0.15, 0.2) is 0 Å². The lowest BCUT2D eigenvalue weighted by Crippen LogP contribution is -2.36. The number of nitrogens with zero attached hydrogens (tertiary/aromatic N) is 2. The van der Waals surface area contributed by atoms with E-state index >= 15 is 0 Å². The zero-order valence-electron chi connectivity index (χ0n) is 12.2. The third-order valence-corrected chi connectivity index (χ3v) is 2.91. The molecule has 0 aliphatic carbocycles. The molecule has 0 aliphatic rings. The fourth-order valence-corrected chi connectivity index (χ4v) is 1.83. The molecule has 0 atom stereocenters. The van der Waals surface area contributed by atoms with Gasteiger partial charge in [-0.3, -0.25) is 20.2 Å². The van der Waals surface area contributed by atoms with Crippen molar-refractivity contribution in [1.29, 1.82) is 0 Å². The maximum absolute atomic E-state index is 12.1. The molecule has 0 aliphatic heterocycles. The summed E-state index contributed by atoms with van der Waals surface area (Å²) in [7, 11) is 1.54. The third-order valence-electron chi connectivity index (χ3n) is 2.91. The van der Waals surface area contributed by atoms with Crippen molar-refractivity contribution in [3.05, 3.63) is 64.2 Å². The fourth-order valence-electron chi connectivity index (χ4n) is 1.83. The van der Waals surface area contributed by atoms with Crippen molar-refractivity contribution in [2.75, 3.05) is 7.11 Å². The first-order valence-corrected chi connectivity index (χ1v) is 6.54. The van der Waals surface area contributed by atoms with Gasteiger partial charge in [-0.2, -0.15) is 0 Å². The van der Waals surface area contributed by atoms with Gasteiger partial charge < -0.3 is 10.5 Å². The number of rotatable bonds is 4. The molecule has 8 nitrogen and oxygen atoms in total. The Balaban J connectivity index is 2.16.